The molecule has 3 nitrogen and oxygen atoms in total. The summed E-state index contributed by atoms with van der Waals surface area (Å²) in [4.78, 5) is 11.9. The van der Waals surface area contributed by atoms with Gasteiger partial charge >= 0.3 is 6.09 Å². The molecule has 17 heavy (non-hydrogen) atoms. The molecule has 2 aliphatic carbocycles. The summed E-state index contributed by atoms with van der Waals surface area (Å²) in [6.45, 7) is 0. The van der Waals surface area contributed by atoms with Gasteiger partial charge in [0.2, 0.25) is 0 Å². The largest absolute Gasteiger partial charge is 0.445 e. The van der Waals surface area contributed by atoms with E-state index >= 15 is 0 Å². The Balaban J connectivity index is 1.77. The molecule has 0 aliphatic heterocycles. The highest BCUT2D eigenvalue weighted by Crippen LogP contribution is 2.26. The van der Waals surface area contributed by atoms with E-state index in [-0.39, 0.29) is 18.2 Å². The molecule has 0 aromatic rings. The SMILES string of the molecule is O=C(OC1CCCCC1)N(Cl)C1CCCCC1. The summed E-state index contributed by atoms with van der Waals surface area (Å²) in [5.41, 5.74) is 0. The van der Waals surface area contributed by atoms with Gasteiger partial charge in [0.1, 0.15) is 6.10 Å². The molecule has 2 rings (SSSR count). The first kappa shape index (κ1) is 13.0. The van der Waals surface area contributed by atoms with E-state index in [2.05, 4.69) is 0 Å². The van der Waals surface area contributed by atoms with Crippen molar-refractivity contribution in [2.24, 2.45) is 0 Å². The number of rotatable bonds is 2. The van der Waals surface area contributed by atoms with Gasteiger partial charge in [0.15, 0.2) is 0 Å². The number of halogens is 1. The molecule has 0 N–H and O–H groups in total. The quantitative estimate of drug-likeness (QED) is 0.694. The van der Waals surface area contributed by atoms with E-state index in [1.165, 1.54) is 42.9 Å². The second-order valence-electron chi connectivity index (χ2n) is 5.25. The van der Waals surface area contributed by atoms with E-state index in [4.69, 9.17) is 16.5 Å². The molecule has 0 heterocycles. The van der Waals surface area contributed by atoms with Crippen molar-refractivity contribution in [3.05, 3.63) is 0 Å². The molecular weight excluding hydrogens is 238 g/mol. The topological polar surface area (TPSA) is 29.5 Å². The average molecular weight is 260 g/mol. The third kappa shape index (κ3) is 3.77. The van der Waals surface area contributed by atoms with Crippen LogP contribution in [0.5, 0.6) is 0 Å². The van der Waals surface area contributed by atoms with Crippen LogP contribution in [0.25, 0.3) is 0 Å². The second-order valence-corrected chi connectivity index (χ2v) is 5.61. The number of amides is 1. The smallest absolute Gasteiger partial charge is 0.425 e. The lowest BCUT2D eigenvalue weighted by atomic mass is 9.96. The molecule has 4 heteroatoms. The van der Waals surface area contributed by atoms with E-state index in [1.54, 1.807) is 0 Å². The van der Waals surface area contributed by atoms with Crippen molar-refractivity contribution in [3.8, 4) is 0 Å². The summed E-state index contributed by atoms with van der Waals surface area (Å²) >= 11 is 6.09. The summed E-state index contributed by atoms with van der Waals surface area (Å²) in [5, 5.41) is 0. The second kappa shape index (κ2) is 6.48. The number of carbonyl (C=O) groups excluding carboxylic acids is 1. The van der Waals surface area contributed by atoms with Crippen LogP contribution < -0.4 is 0 Å². The average Bonchev–Trinajstić information content (AvgIpc) is 2.40. The normalized spacial score (nSPS) is 23.4. The molecule has 98 valence electrons. The summed E-state index contributed by atoms with van der Waals surface area (Å²) in [7, 11) is 0. The molecule has 2 fully saturated rings. The minimum absolute atomic E-state index is 0.0982. The summed E-state index contributed by atoms with van der Waals surface area (Å²) in [6.07, 6.45) is 11.0. The zero-order valence-electron chi connectivity index (χ0n) is 10.4. The Morgan fingerprint density at radius 1 is 0.941 bits per heavy atom. The third-order valence-corrected chi connectivity index (χ3v) is 4.30. The van der Waals surface area contributed by atoms with Crippen LogP contribution >= 0.6 is 11.8 Å². The predicted octanol–water partition coefficient (Wildman–Crippen LogP) is 4.24. The Morgan fingerprint density at radius 2 is 1.47 bits per heavy atom. The highest BCUT2D eigenvalue weighted by Gasteiger charge is 2.27. The van der Waals surface area contributed by atoms with E-state index in [1.807, 2.05) is 0 Å². The minimum atomic E-state index is -0.328. The van der Waals surface area contributed by atoms with Gasteiger partial charge in [-0.05, 0) is 38.5 Å². The standard InChI is InChI=1S/C13H22ClNO2/c14-15(11-7-3-1-4-8-11)13(16)17-12-9-5-2-6-10-12/h11-12H,1-10H2. The molecule has 0 atom stereocenters. The van der Waals surface area contributed by atoms with Gasteiger partial charge in [-0.25, -0.2) is 9.21 Å². The van der Waals surface area contributed by atoms with Crippen LogP contribution in [0.4, 0.5) is 4.79 Å². The molecule has 0 radical (unpaired) electrons. The van der Waals surface area contributed by atoms with E-state index in [0.717, 1.165) is 25.7 Å². The lowest BCUT2D eigenvalue weighted by molar-refractivity contribution is 0.0527. The van der Waals surface area contributed by atoms with Crippen LogP contribution in [0.3, 0.4) is 0 Å². The number of nitrogens with zero attached hydrogens (tertiary/aromatic N) is 1. The zero-order valence-corrected chi connectivity index (χ0v) is 11.1. The first-order valence-corrected chi connectivity index (χ1v) is 7.27. The van der Waals surface area contributed by atoms with Crippen LogP contribution in [0.2, 0.25) is 0 Å². The molecule has 1 amide bonds. The molecule has 0 aromatic heterocycles. The van der Waals surface area contributed by atoms with E-state index in [0.29, 0.717) is 0 Å². The lowest BCUT2D eigenvalue weighted by Gasteiger charge is -2.30. The highest BCUT2D eigenvalue weighted by molar-refractivity contribution is 6.20. The van der Waals surface area contributed by atoms with Crippen molar-refractivity contribution in [1.82, 2.24) is 4.42 Å². The van der Waals surface area contributed by atoms with Crippen molar-refractivity contribution in [2.75, 3.05) is 0 Å². The molecule has 0 saturated heterocycles. The maximum absolute atomic E-state index is 11.9. The van der Waals surface area contributed by atoms with Gasteiger partial charge in [0.25, 0.3) is 0 Å². The van der Waals surface area contributed by atoms with Crippen molar-refractivity contribution < 1.29 is 9.53 Å². The first-order chi connectivity index (χ1) is 8.27. The Hall–Kier alpha value is -0.440. The van der Waals surface area contributed by atoms with Gasteiger partial charge in [-0.15, -0.1) is 0 Å². The number of carbonyl (C=O) groups is 1. The molecule has 0 unspecified atom stereocenters. The fourth-order valence-corrected chi connectivity index (χ4v) is 3.07. The molecule has 0 aromatic carbocycles. The minimum Gasteiger partial charge on any atom is -0.445 e. The Morgan fingerprint density at radius 3 is 2.06 bits per heavy atom. The fourth-order valence-electron chi connectivity index (χ4n) is 2.83. The molecule has 0 spiro atoms. The van der Waals surface area contributed by atoms with Gasteiger partial charge in [0, 0.05) is 11.8 Å². The van der Waals surface area contributed by atoms with Crippen LogP contribution in [-0.2, 0) is 4.74 Å². The molecule has 0 bridgehead atoms. The van der Waals surface area contributed by atoms with Crippen LogP contribution in [-0.4, -0.2) is 22.7 Å². The number of hydrogen-bond acceptors (Lipinski definition) is 2. The van der Waals surface area contributed by atoms with Gasteiger partial charge in [0.05, 0.1) is 6.04 Å². The van der Waals surface area contributed by atoms with Gasteiger partial charge < -0.3 is 4.74 Å². The van der Waals surface area contributed by atoms with E-state index in [9.17, 15) is 4.79 Å². The lowest BCUT2D eigenvalue weighted by Crippen LogP contribution is -2.37. The Labute approximate surface area is 109 Å². The Bertz CT molecular complexity index is 248. The van der Waals surface area contributed by atoms with Crippen molar-refractivity contribution in [3.63, 3.8) is 0 Å². The molecular formula is C13H22ClNO2. The Kier molecular flexibility index (Phi) is 4.96. The van der Waals surface area contributed by atoms with Crippen molar-refractivity contribution >= 4 is 17.9 Å². The van der Waals surface area contributed by atoms with Gasteiger partial charge in [-0.2, -0.15) is 0 Å². The highest BCUT2D eigenvalue weighted by atomic mass is 35.5. The maximum atomic E-state index is 11.9. The van der Waals surface area contributed by atoms with Crippen molar-refractivity contribution in [2.45, 2.75) is 76.4 Å². The molecule has 2 saturated carbocycles. The molecule has 2 aliphatic rings. The predicted molar refractivity (Wildman–Crippen MR) is 67.9 cm³/mol. The fraction of sp³-hybridized carbons (Fsp3) is 0.923. The monoisotopic (exact) mass is 259 g/mol. The zero-order chi connectivity index (χ0) is 12.1. The van der Waals surface area contributed by atoms with Crippen LogP contribution in [0, 0.1) is 0 Å². The number of ether oxygens (including phenoxy) is 1. The maximum Gasteiger partial charge on any atom is 0.425 e. The van der Waals surface area contributed by atoms with Gasteiger partial charge in [-0.3, -0.25) is 0 Å². The number of hydrogen-bond donors (Lipinski definition) is 0. The summed E-state index contributed by atoms with van der Waals surface area (Å²) in [6, 6.07) is 0.182. The third-order valence-electron chi connectivity index (χ3n) is 3.89. The van der Waals surface area contributed by atoms with Gasteiger partial charge in [-0.1, -0.05) is 25.7 Å². The van der Waals surface area contributed by atoms with Crippen molar-refractivity contribution in [1.29, 1.82) is 0 Å². The summed E-state index contributed by atoms with van der Waals surface area (Å²) < 4.78 is 6.77. The van der Waals surface area contributed by atoms with E-state index < -0.39 is 0 Å². The summed E-state index contributed by atoms with van der Waals surface area (Å²) in [5.74, 6) is 0. The first-order valence-electron chi connectivity index (χ1n) is 6.93. The van der Waals surface area contributed by atoms with Crippen LogP contribution in [0.1, 0.15) is 64.2 Å². The van der Waals surface area contributed by atoms with Crippen LogP contribution in [0.15, 0.2) is 0 Å².